The van der Waals surface area contributed by atoms with Crippen molar-refractivity contribution in [1.82, 2.24) is 9.80 Å². The predicted molar refractivity (Wildman–Crippen MR) is 129 cm³/mol. The van der Waals surface area contributed by atoms with Gasteiger partial charge in [0.05, 0.1) is 7.11 Å². The van der Waals surface area contributed by atoms with Crippen LogP contribution in [0.2, 0.25) is 0 Å². The molecule has 34 heavy (non-hydrogen) atoms. The first-order valence-electron chi connectivity index (χ1n) is 11.8. The molecule has 8 nitrogen and oxygen atoms in total. The van der Waals surface area contributed by atoms with E-state index >= 15 is 0 Å². The number of likely N-dealkylation sites (tertiary alicyclic amines) is 2. The summed E-state index contributed by atoms with van der Waals surface area (Å²) in [6.45, 7) is 1.64. The van der Waals surface area contributed by atoms with Crippen molar-refractivity contribution < 1.29 is 19.1 Å². The summed E-state index contributed by atoms with van der Waals surface area (Å²) in [6, 6.07) is 16.1. The maximum absolute atomic E-state index is 13.1. The van der Waals surface area contributed by atoms with Crippen LogP contribution >= 0.6 is 0 Å². The van der Waals surface area contributed by atoms with E-state index in [2.05, 4.69) is 5.32 Å². The minimum Gasteiger partial charge on any atom is -0.497 e. The largest absolute Gasteiger partial charge is 0.497 e. The highest BCUT2D eigenvalue weighted by Gasteiger charge is 2.39. The molecule has 2 aromatic carbocycles. The fourth-order valence-corrected chi connectivity index (χ4v) is 5.07. The summed E-state index contributed by atoms with van der Waals surface area (Å²) in [5.41, 5.74) is 7.38. The zero-order chi connectivity index (χ0) is 24.1. The second-order valence-corrected chi connectivity index (χ2v) is 9.10. The van der Waals surface area contributed by atoms with E-state index in [-0.39, 0.29) is 23.8 Å². The Kier molecular flexibility index (Phi) is 7.35. The number of carbonyl (C=O) groups is 3. The molecule has 4 amide bonds. The Morgan fingerprint density at radius 2 is 1.85 bits per heavy atom. The van der Waals surface area contributed by atoms with Gasteiger partial charge in [0, 0.05) is 44.2 Å². The maximum atomic E-state index is 13.1. The van der Waals surface area contributed by atoms with Crippen molar-refractivity contribution in [2.45, 2.75) is 31.7 Å². The number of rotatable bonds is 6. The Balaban J connectivity index is 1.40. The number of hydrogen-bond donors (Lipinski definition) is 2. The molecule has 0 bridgehead atoms. The number of methoxy groups -OCH3 is 1. The molecular formula is C26H32N4O4. The van der Waals surface area contributed by atoms with E-state index in [0.29, 0.717) is 43.9 Å². The van der Waals surface area contributed by atoms with Gasteiger partial charge in [-0.15, -0.1) is 0 Å². The third kappa shape index (κ3) is 5.50. The number of anilines is 1. The van der Waals surface area contributed by atoms with Crippen molar-refractivity contribution in [2.24, 2.45) is 17.6 Å². The van der Waals surface area contributed by atoms with Crippen LogP contribution in [0, 0.1) is 11.8 Å². The molecule has 0 aromatic heterocycles. The van der Waals surface area contributed by atoms with Gasteiger partial charge in [0.15, 0.2) is 0 Å². The number of carbonyl (C=O) groups excluding carboxylic acids is 3. The summed E-state index contributed by atoms with van der Waals surface area (Å²) < 4.78 is 5.23. The van der Waals surface area contributed by atoms with Gasteiger partial charge < -0.3 is 25.6 Å². The summed E-state index contributed by atoms with van der Waals surface area (Å²) in [4.78, 5) is 41.8. The van der Waals surface area contributed by atoms with E-state index in [1.165, 1.54) is 0 Å². The molecule has 3 N–H and O–H groups in total. The van der Waals surface area contributed by atoms with Gasteiger partial charge in [-0.1, -0.05) is 36.4 Å². The quantitative estimate of drug-likeness (QED) is 0.686. The maximum Gasteiger partial charge on any atom is 0.321 e. The number of hydrogen-bond acceptors (Lipinski definition) is 4. The molecule has 3 atom stereocenters. The molecule has 2 aromatic rings. The summed E-state index contributed by atoms with van der Waals surface area (Å²) in [6.07, 6.45) is 2.29. The molecule has 0 spiro atoms. The number of nitrogens with one attached hydrogen (secondary N) is 1. The molecule has 180 valence electrons. The van der Waals surface area contributed by atoms with E-state index in [1.807, 2.05) is 53.4 Å². The first-order chi connectivity index (χ1) is 16.4. The lowest BCUT2D eigenvalue weighted by Gasteiger charge is -2.37. The van der Waals surface area contributed by atoms with Gasteiger partial charge in [-0.3, -0.25) is 9.59 Å². The van der Waals surface area contributed by atoms with Crippen LogP contribution in [-0.2, 0) is 16.0 Å². The second kappa shape index (κ2) is 10.6. The Morgan fingerprint density at radius 3 is 2.59 bits per heavy atom. The van der Waals surface area contributed by atoms with Crippen LogP contribution in [0.25, 0.3) is 0 Å². The fraction of sp³-hybridized carbons (Fsp3) is 0.423. The number of benzene rings is 2. The highest BCUT2D eigenvalue weighted by atomic mass is 16.5. The Morgan fingerprint density at radius 1 is 1.09 bits per heavy atom. The molecule has 0 saturated carbocycles. The first-order valence-corrected chi connectivity index (χ1v) is 11.8. The molecule has 0 aliphatic carbocycles. The Labute approximate surface area is 200 Å². The van der Waals surface area contributed by atoms with Gasteiger partial charge >= 0.3 is 6.03 Å². The minimum absolute atomic E-state index is 0.0264. The average Bonchev–Trinajstić information content (AvgIpc) is 3.00. The Bertz CT molecular complexity index is 1030. The van der Waals surface area contributed by atoms with E-state index < -0.39 is 11.9 Å². The van der Waals surface area contributed by atoms with Gasteiger partial charge in [-0.2, -0.15) is 0 Å². The average molecular weight is 465 g/mol. The second-order valence-electron chi connectivity index (χ2n) is 9.10. The van der Waals surface area contributed by atoms with E-state index in [4.69, 9.17) is 10.5 Å². The van der Waals surface area contributed by atoms with Crippen LogP contribution in [-0.4, -0.2) is 60.4 Å². The van der Waals surface area contributed by atoms with Crippen molar-refractivity contribution in [3.63, 3.8) is 0 Å². The molecule has 0 unspecified atom stereocenters. The van der Waals surface area contributed by atoms with Gasteiger partial charge in [0.1, 0.15) is 11.8 Å². The van der Waals surface area contributed by atoms with Crippen LogP contribution in [0.3, 0.4) is 0 Å². The van der Waals surface area contributed by atoms with Gasteiger partial charge in [0.2, 0.25) is 11.8 Å². The smallest absolute Gasteiger partial charge is 0.321 e. The van der Waals surface area contributed by atoms with Crippen LogP contribution in [0.5, 0.6) is 5.75 Å². The van der Waals surface area contributed by atoms with Crippen molar-refractivity contribution in [2.75, 3.05) is 32.1 Å². The summed E-state index contributed by atoms with van der Waals surface area (Å²) in [5, 5.41) is 2.94. The number of piperidine rings is 1. The molecule has 2 saturated heterocycles. The minimum atomic E-state index is -0.664. The van der Waals surface area contributed by atoms with Gasteiger partial charge in [0.25, 0.3) is 0 Å². The van der Waals surface area contributed by atoms with Crippen LogP contribution in [0.1, 0.15) is 24.8 Å². The van der Waals surface area contributed by atoms with Crippen LogP contribution < -0.4 is 15.8 Å². The van der Waals surface area contributed by atoms with Gasteiger partial charge in [-0.25, -0.2) is 4.79 Å². The molecule has 2 aliphatic heterocycles. The molecule has 0 radical (unpaired) electrons. The zero-order valence-electron chi connectivity index (χ0n) is 19.5. The first kappa shape index (κ1) is 23.6. The van der Waals surface area contributed by atoms with Crippen LogP contribution in [0.15, 0.2) is 54.6 Å². The lowest BCUT2D eigenvalue weighted by molar-refractivity contribution is -0.139. The number of nitrogens with two attached hydrogens (primary N) is 1. The standard InChI is InChI=1S/C26H32N4O4/c1-34-22-9-5-8-21(16-22)28-26(33)29-12-10-19-15-24(31)30(13-11-20(19)17-29)23(25(27)32)14-18-6-3-2-4-7-18/h2-9,16,19-20,23H,10-15,17H2,1H3,(H2,27,32)(H,28,33)/t19-,20-,23-/m0/s1. The van der Waals surface area contributed by atoms with Gasteiger partial charge in [-0.05, 0) is 42.4 Å². The number of primary amides is 1. The molecule has 2 aliphatic rings. The molecule has 2 fully saturated rings. The summed E-state index contributed by atoms with van der Waals surface area (Å²) >= 11 is 0. The van der Waals surface area contributed by atoms with E-state index in [0.717, 1.165) is 18.4 Å². The third-order valence-corrected chi connectivity index (χ3v) is 6.97. The molecule has 4 rings (SSSR count). The SMILES string of the molecule is COc1cccc(NC(=O)N2CC[C@H]3CC(=O)N([C@@H](Cc4ccccc4)C(N)=O)CC[C@H]3C2)c1. The topological polar surface area (TPSA) is 105 Å². The molecule has 8 heteroatoms. The normalized spacial score (nSPS) is 21.3. The monoisotopic (exact) mass is 464 g/mol. The lowest BCUT2D eigenvalue weighted by atomic mass is 9.82. The van der Waals surface area contributed by atoms with E-state index in [9.17, 15) is 14.4 Å². The van der Waals surface area contributed by atoms with Crippen molar-refractivity contribution in [3.8, 4) is 5.75 Å². The van der Waals surface area contributed by atoms with E-state index in [1.54, 1.807) is 18.1 Å². The zero-order valence-corrected chi connectivity index (χ0v) is 19.5. The van der Waals surface area contributed by atoms with Crippen LogP contribution in [0.4, 0.5) is 10.5 Å². The van der Waals surface area contributed by atoms with Crippen molar-refractivity contribution in [1.29, 1.82) is 0 Å². The van der Waals surface area contributed by atoms with Crippen molar-refractivity contribution in [3.05, 3.63) is 60.2 Å². The molecular weight excluding hydrogens is 432 g/mol. The number of nitrogens with zero attached hydrogens (tertiary/aromatic N) is 2. The molecule has 2 heterocycles. The number of amides is 4. The predicted octanol–water partition coefficient (Wildman–Crippen LogP) is 2.88. The summed E-state index contributed by atoms with van der Waals surface area (Å²) in [7, 11) is 1.59. The highest BCUT2D eigenvalue weighted by molar-refractivity contribution is 5.90. The summed E-state index contributed by atoms with van der Waals surface area (Å²) in [5.74, 6) is 0.564. The lowest BCUT2D eigenvalue weighted by Crippen LogP contribution is -2.49. The highest BCUT2D eigenvalue weighted by Crippen LogP contribution is 2.33. The Hall–Kier alpha value is -3.55. The number of fused-ring (bicyclic) bond motifs is 1. The number of ether oxygens (including phenoxy) is 1. The third-order valence-electron chi connectivity index (χ3n) is 6.97. The fourth-order valence-electron chi connectivity index (χ4n) is 5.07. The number of urea groups is 1. The van der Waals surface area contributed by atoms with Crippen molar-refractivity contribution >= 4 is 23.5 Å².